The first-order chi connectivity index (χ1) is 12.1. The van der Waals surface area contributed by atoms with Crippen LogP contribution in [0.2, 0.25) is 0 Å². The number of hydrogen-bond donors (Lipinski definition) is 1. The summed E-state index contributed by atoms with van der Waals surface area (Å²) >= 11 is 0. The molecule has 3 aromatic rings. The number of nitrogens with one attached hydrogen (secondary N) is 1. The molecule has 0 aliphatic rings. The van der Waals surface area contributed by atoms with E-state index in [1.165, 1.54) is 0 Å². The van der Waals surface area contributed by atoms with Crippen molar-refractivity contribution in [2.24, 2.45) is 0 Å². The zero-order valence-electron chi connectivity index (χ0n) is 14.7. The van der Waals surface area contributed by atoms with Crippen LogP contribution in [0.15, 0.2) is 48.8 Å². The average Bonchev–Trinajstić information content (AvgIpc) is 3.06. The Morgan fingerprint density at radius 1 is 1.20 bits per heavy atom. The van der Waals surface area contributed by atoms with Gasteiger partial charge in [-0.15, -0.1) is 0 Å². The van der Waals surface area contributed by atoms with Crippen LogP contribution in [0, 0.1) is 0 Å². The van der Waals surface area contributed by atoms with Crippen molar-refractivity contribution in [1.29, 1.82) is 0 Å². The summed E-state index contributed by atoms with van der Waals surface area (Å²) in [7, 11) is 5.66. The molecule has 0 radical (unpaired) electrons. The van der Waals surface area contributed by atoms with Gasteiger partial charge in [0.05, 0.1) is 25.5 Å². The zero-order valence-corrected chi connectivity index (χ0v) is 14.7. The van der Waals surface area contributed by atoms with E-state index in [2.05, 4.69) is 15.3 Å². The molecule has 2 aromatic carbocycles. The average molecular weight is 338 g/mol. The lowest BCUT2D eigenvalue weighted by atomic mass is 10.0. The van der Waals surface area contributed by atoms with Crippen LogP contribution in [-0.4, -0.2) is 48.3 Å². The number of nitrogens with zero attached hydrogens (tertiary/aromatic N) is 3. The minimum atomic E-state index is -0.161. The van der Waals surface area contributed by atoms with E-state index in [-0.39, 0.29) is 5.91 Å². The third kappa shape index (κ3) is 3.80. The highest BCUT2D eigenvalue weighted by Crippen LogP contribution is 2.28. The van der Waals surface area contributed by atoms with Gasteiger partial charge < -0.3 is 15.0 Å². The fourth-order valence-corrected chi connectivity index (χ4v) is 2.70. The Kier molecular flexibility index (Phi) is 5.00. The first kappa shape index (κ1) is 17.0. The van der Waals surface area contributed by atoms with E-state index in [1.807, 2.05) is 55.3 Å². The monoisotopic (exact) mass is 338 g/mol. The van der Waals surface area contributed by atoms with E-state index in [9.17, 15) is 4.79 Å². The van der Waals surface area contributed by atoms with Gasteiger partial charge in [-0.3, -0.25) is 9.48 Å². The van der Waals surface area contributed by atoms with Crippen LogP contribution in [-0.2, 0) is 6.54 Å². The molecular weight excluding hydrogens is 316 g/mol. The Balaban J connectivity index is 1.81. The molecule has 0 atom stereocenters. The van der Waals surface area contributed by atoms with Gasteiger partial charge in [-0.2, -0.15) is 5.10 Å². The van der Waals surface area contributed by atoms with Crippen molar-refractivity contribution in [1.82, 2.24) is 14.7 Å². The van der Waals surface area contributed by atoms with E-state index in [0.29, 0.717) is 11.3 Å². The van der Waals surface area contributed by atoms with Gasteiger partial charge in [0, 0.05) is 23.7 Å². The maximum absolute atomic E-state index is 12.7. The highest BCUT2D eigenvalue weighted by Gasteiger charge is 2.13. The van der Waals surface area contributed by atoms with E-state index in [4.69, 9.17) is 4.74 Å². The number of benzene rings is 2. The number of aromatic nitrogens is 2. The van der Waals surface area contributed by atoms with Gasteiger partial charge in [0.2, 0.25) is 0 Å². The summed E-state index contributed by atoms with van der Waals surface area (Å²) in [6, 6.07) is 11.3. The number of amides is 1. The second kappa shape index (κ2) is 7.36. The SMILES string of the molecule is COc1ccc(C(=O)Nc2cnn(CCN(C)C)c2)c2ccccc12. The molecule has 6 nitrogen and oxygen atoms in total. The minimum Gasteiger partial charge on any atom is -0.496 e. The van der Waals surface area contributed by atoms with Crippen molar-refractivity contribution in [3.8, 4) is 5.75 Å². The predicted molar refractivity (Wildman–Crippen MR) is 99.2 cm³/mol. The molecule has 0 saturated heterocycles. The predicted octanol–water partition coefficient (Wildman–Crippen LogP) is 2.86. The topological polar surface area (TPSA) is 59.4 Å². The summed E-state index contributed by atoms with van der Waals surface area (Å²) in [5.74, 6) is 0.592. The Hall–Kier alpha value is -2.86. The Morgan fingerprint density at radius 3 is 2.68 bits per heavy atom. The van der Waals surface area contributed by atoms with Crippen LogP contribution in [0.3, 0.4) is 0 Å². The summed E-state index contributed by atoms with van der Waals surface area (Å²) < 4.78 is 7.20. The summed E-state index contributed by atoms with van der Waals surface area (Å²) in [6.45, 7) is 1.66. The highest BCUT2D eigenvalue weighted by atomic mass is 16.5. The maximum Gasteiger partial charge on any atom is 0.256 e. The van der Waals surface area contributed by atoms with Crippen molar-refractivity contribution < 1.29 is 9.53 Å². The molecule has 1 amide bonds. The van der Waals surface area contributed by atoms with E-state index >= 15 is 0 Å². The number of likely N-dealkylation sites (N-methyl/N-ethyl adjacent to an activating group) is 1. The van der Waals surface area contributed by atoms with Gasteiger partial charge in [-0.25, -0.2) is 0 Å². The quantitative estimate of drug-likeness (QED) is 0.751. The third-order valence-electron chi connectivity index (χ3n) is 4.02. The smallest absolute Gasteiger partial charge is 0.256 e. The maximum atomic E-state index is 12.7. The lowest BCUT2D eigenvalue weighted by Crippen LogP contribution is -2.18. The Labute approximate surface area is 147 Å². The van der Waals surface area contributed by atoms with E-state index in [1.54, 1.807) is 19.4 Å². The Morgan fingerprint density at radius 2 is 1.96 bits per heavy atom. The number of rotatable bonds is 6. The van der Waals surface area contributed by atoms with Crippen LogP contribution < -0.4 is 10.1 Å². The number of methoxy groups -OCH3 is 1. The van der Waals surface area contributed by atoms with Gasteiger partial charge >= 0.3 is 0 Å². The number of hydrogen-bond acceptors (Lipinski definition) is 4. The number of fused-ring (bicyclic) bond motifs is 1. The molecule has 0 fully saturated rings. The molecule has 0 aliphatic carbocycles. The molecule has 0 bridgehead atoms. The largest absolute Gasteiger partial charge is 0.496 e. The van der Waals surface area contributed by atoms with E-state index < -0.39 is 0 Å². The second-order valence-corrected chi connectivity index (χ2v) is 6.11. The Bertz CT molecular complexity index is 886. The zero-order chi connectivity index (χ0) is 17.8. The van der Waals surface area contributed by atoms with Crippen LogP contribution in [0.5, 0.6) is 5.75 Å². The van der Waals surface area contributed by atoms with Gasteiger partial charge in [0.25, 0.3) is 5.91 Å². The molecule has 130 valence electrons. The molecule has 3 rings (SSSR count). The number of anilines is 1. The molecule has 6 heteroatoms. The first-order valence-electron chi connectivity index (χ1n) is 8.13. The standard InChI is InChI=1S/C19H22N4O2/c1-22(2)10-11-23-13-14(12-20-23)21-19(24)17-8-9-18(25-3)16-7-5-4-6-15(16)17/h4-9,12-13H,10-11H2,1-3H3,(H,21,24). The molecule has 0 saturated carbocycles. The molecular formula is C19H22N4O2. The molecule has 1 N–H and O–H groups in total. The molecule has 25 heavy (non-hydrogen) atoms. The molecule has 0 spiro atoms. The second-order valence-electron chi connectivity index (χ2n) is 6.11. The van der Waals surface area contributed by atoms with Crippen molar-refractivity contribution in [2.45, 2.75) is 6.54 Å². The summed E-state index contributed by atoms with van der Waals surface area (Å²) in [5, 5.41) is 8.98. The number of carbonyl (C=O) groups excluding carboxylic acids is 1. The summed E-state index contributed by atoms with van der Waals surface area (Å²) in [6.07, 6.45) is 3.51. The molecule has 1 aromatic heterocycles. The van der Waals surface area contributed by atoms with Crippen molar-refractivity contribution in [3.63, 3.8) is 0 Å². The normalized spacial score (nSPS) is 11.0. The third-order valence-corrected chi connectivity index (χ3v) is 4.02. The molecule has 0 aliphatic heterocycles. The van der Waals surface area contributed by atoms with Crippen molar-refractivity contribution >= 4 is 22.4 Å². The summed E-state index contributed by atoms with van der Waals surface area (Å²) in [4.78, 5) is 14.8. The summed E-state index contributed by atoms with van der Waals surface area (Å²) in [5.41, 5.74) is 1.29. The van der Waals surface area contributed by atoms with Gasteiger partial charge in [-0.05, 0) is 31.6 Å². The van der Waals surface area contributed by atoms with Crippen LogP contribution in [0.25, 0.3) is 10.8 Å². The van der Waals surface area contributed by atoms with Crippen molar-refractivity contribution in [3.05, 3.63) is 54.4 Å². The van der Waals surface area contributed by atoms with Crippen LogP contribution in [0.1, 0.15) is 10.4 Å². The lowest BCUT2D eigenvalue weighted by molar-refractivity contribution is 0.102. The van der Waals surface area contributed by atoms with E-state index in [0.717, 1.165) is 29.6 Å². The molecule has 0 unspecified atom stereocenters. The van der Waals surface area contributed by atoms with Gasteiger partial charge in [0.1, 0.15) is 5.75 Å². The van der Waals surface area contributed by atoms with Gasteiger partial charge in [0.15, 0.2) is 0 Å². The van der Waals surface area contributed by atoms with Crippen LogP contribution >= 0.6 is 0 Å². The number of carbonyl (C=O) groups is 1. The fourth-order valence-electron chi connectivity index (χ4n) is 2.70. The van der Waals surface area contributed by atoms with Crippen LogP contribution in [0.4, 0.5) is 5.69 Å². The number of ether oxygens (including phenoxy) is 1. The van der Waals surface area contributed by atoms with Crippen molar-refractivity contribution in [2.75, 3.05) is 33.1 Å². The lowest BCUT2D eigenvalue weighted by Gasteiger charge is -2.10. The first-order valence-corrected chi connectivity index (χ1v) is 8.13. The molecule has 1 heterocycles. The van der Waals surface area contributed by atoms with Gasteiger partial charge in [-0.1, -0.05) is 24.3 Å². The minimum absolute atomic E-state index is 0.161. The highest BCUT2D eigenvalue weighted by molar-refractivity contribution is 6.13. The fraction of sp³-hybridized carbons (Fsp3) is 0.263.